The van der Waals surface area contributed by atoms with Crippen molar-refractivity contribution in [3.05, 3.63) is 74.9 Å². The van der Waals surface area contributed by atoms with Gasteiger partial charge in [0.1, 0.15) is 5.82 Å². The van der Waals surface area contributed by atoms with Crippen LogP contribution in [-0.4, -0.2) is 4.57 Å². The Bertz CT molecular complexity index is 1070. The maximum atomic E-state index is 14.1. The van der Waals surface area contributed by atoms with E-state index < -0.39 is 5.82 Å². The van der Waals surface area contributed by atoms with Gasteiger partial charge in [-0.3, -0.25) is 4.79 Å². The quantitative estimate of drug-likeness (QED) is 0.693. The van der Waals surface area contributed by atoms with Crippen LogP contribution in [0.25, 0.3) is 10.8 Å². The van der Waals surface area contributed by atoms with Gasteiger partial charge in [-0.05, 0) is 61.6 Å². The van der Waals surface area contributed by atoms with Crippen molar-refractivity contribution in [2.75, 3.05) is 5.32 Å². The lowest BCUT2D eigenvalue weighted by Crippen LogP contribution is -2.42. The zero-order valence-corrected chi connectivity index (χ0v) is 15.5. The molecule has 0 radical (unpaired) electrons. The summed E-state index contributed by atoms with van der Waals surface area (Å²) in [7, 11) is 1.56. The molecule has 3 aromatic rings. The molecule has 0 saturated heterocycles. The molecule has 2 aromatic carbocycles. The van der Waals surface area contributed by atoms with Crippen molar-refractivity contribution in [1.29, 1.82) is 0 Å². The first-order valence-corrected chi connectivity index (χ1v) is 9.12. The van der Waals surface area contributed by atoms with Gasteiger partial charge in [-0.15, -0.1) is 0 Å². The van der Waals surface area contributed by atoms with E-state index in [9.17, 15) is 9.18 Å². The third kappa shape index (κ3) is 2.60. The Labute approximate surface area is 156 Å². The molecule has 1 fully saturated rings. The molecule has 0 atom stereocenters. The molecule has 1 heterocycles. The van der Waals surface area contributed by atoms with Crippen LogP contribution in [0.1, 0.15) is 30.4 Å². The largest absolute Gasteiger partial charge is 0.375 e. The lowest BCUT2D eigenvalue weighted by atomic mass is 9.70. The highest BCUT2D eigenvalue weighted by molar-refractivity contribution is 6.31. The number of hydrogen-bond acceptors (Lipinski definition) is 2. The molecule has 134 valence electrons. The second-order valence-electron chi connectivity index (χ2n) is 7.13. The van der Waals surface area contributed by atoms with Crippen LogP contribution in [0.5, 0.6) is 0 Å². The summed E-state index contributed by atoms with van der Waals surface area (Å²) in [6, 6.07) is 11.2. The Morgan fingerprint density at radius 1 is 1.19 bits per heavy atom. The summed E-state index contributed by atoms with van der Waals surface area (Å²) < 4.78 is 15.4. The minimum absolute atomic E-state index is 0.193. The van der Waals surface area contributed by atoms with Gasteiger partial charge in [-0.25, -0.2) is 4.39 Å². The van der Waals surface area contributed by atoms with Crippen molar-refractivity contribution in [3.8, 4) is 0 Å². The topological polar surface area (TPSA) is 34.0 Å². The van der Waals surface area contributed by atoms with Gasteiger partial charge in [0.05, 0.1) is 10.9 Å². The van der Waals surface area contributed by atoms with Crippen molar-refractivity contribution < 1.29 is 4.39 Å². The summed E-state index contributed by atoms with van der Waals surface area (Å²) >= 11 is 6.32. The molecule has 0 spiro atoms. The second kappa shape index (κ2) is 6.13. The molecule has 3 nitrogen and oxygen atoms in total. The molecule has 0 bridgehead atoms. The van der Waals surface area contributed by atoms with Gasteiger partial charge in [0.25, 0.3) is 5.56 Å². The summed E-state index contributed by atoms with van der Waals surface area (Å²) in [5, 5.41) is 5.09. The Hall–Kier alpha value is -2.33. The molecule has 26 heavy (non-hydrogen) atoms. The summed E-state index contributed by atoms with van der Waals surface area (Å²) in [5.41, 5.74) is 2.68. The molecular formula is C21H20ClFN2O. The summed E-state index contributed by atoms with van der Waals surface area (Å²) in [6.07, 6.45) is 4.34. The highest BCUT2D eigenvalue weighted by Gasteiger charge is 2.40. The molecule has 0 unspecified atom stereocenters. The molecule has 0 amide bonds. The van der Waals surface area contributed by atoms with Crippen LogP contribution >= 0.6 is 11.6 Å². The lowest BCUT2D eigenvalue weighted by molar-refractivity contribution is 0.283. The zero-order chi connectivity index (χ0) is 18.5. The highest BCUT2D eigenvalue weighted by atomic mass is 35.5. The normalized spacial score (nSPS) is 15.7. The number of nitrogens with one attached hydrogen (secondary N) is 1. The molecule has 1 aliphatic carbocycles. The molecule has 4 rings (SSSR count). The van der Waals surface area contributed by atoms with Crippen LogP contribution in [0.3, 0.4) is 0 Å². The Morgan fingerprint density at radius 3 is 2.65 bits per heavy atom. The lowest BCUT2D eigenvalue weighted by Gasteiger charge is -2.45. The van der Waals surface area contributed by atoms with Crippen LogP contribution in [-0.2, 0) is 12.6 Å². The van der Waals surface area contributed by atoms with Crippen molar-refractivity contribution in [3.63, 3.8) is 0 Å². The van der Waals surface area contributed by atoms with Gasteiger partial charge >= 0.3 is 0 Å². The third-order valence-corrected chi connectivity index (χ3v) is 5.92. The minimum Gasteiger partial charge on any atom is -0.375 e. The number of anilines is 1. The van der Waals surface area contributed by atoms with E-state index >= 15 is 0 Å². The monoisotopic (exact) mass is 370 g/mol. The zero-order valence-electron chi connectivity index (χ0n) is 14.8. The van der Waals surface area contributed by atoms with Crippen LogP contribution in [0.15, 0.2) is 47.4 Å². The van der Waals surface area contributed by atoms with E-state index in [2.05, 4.69) is 11.4 Å². The first-order chi connectivity index (χ1) is 12.4. The Morgan fingerprint density at radius 2 is 1.96 bits per heavy atom. The van der Waals surface area contributed by atoms with Gasteiger partial charge in [-0.2, -0.15) is 0 Å². The molecule has 1 aromatic heterocycles. The fourth-order valence-corrected chi connectivity index (χ4v) is 4.06. The summed E-state index contributed by atoms with van der Waals surface area (Å²) in [6.45, 7) is 2.03. The molecule has 5 heteroatoms. The van der Waals surface area contributed by atoms with Crippen LogP contribution in [0.2, 0.25) is 5.02 Å². The van der Waals surface area contributed by atoms with E-state index in [0.717, 1.165) is 35.5 Å². The van der Waals surface area contributed by atoms with E-state index in [4.69, 9.17) is 11.6 Å². The first kappa shape index (κ1) is 17.1. The number of halogens is 2. The standard InChI is InChI=1S/C21H20ClFN2O/c1-13-17(5-3-6-18(13)22)21(9-4-10-21)24-14-7-8-15-16(11-14)20(26)25(2)12-19(15)23/h3,5-8,11-12,24H,4,9-10H2,1-2H3. The van der Waals surface area contributed by atoms with E-state index in [1.165, 1.54) is 16.3 Å². The van der Waals surface area contributed by atoms with E-state index in [-0.39, 0.29) is 11.1 Å². The second-order valence-corrected chi connectivity index (χ2v) is 7.53. The number of fused-ring (bicyclic) bond motifs is 1. The average Bonchev–Trinajstić information content (AvgIpc) is 2.59. The first-order valence-electron chi connectivity index (χ1n) is 8.74. The number of rotatable bonds is 3. The SMILES string of the molecule is Cc1c(Cl)cccc1C1(Nc2ccc3c(F)cn(C)c(=O)c3c2)CCC1. The smallest absolute Gasteiger partial charge is 0.258 e. The number of hydrogen-bond donors (Lipinski definition) is 1. The maximum absolute atomic E-state index is 14.1. The van der Waals surface area contributed by atoms with Crippen molar-refractivity contribution in [2.24, 2.45) is 7.05 Å². The molecule has 1 saturated carbocycles. The van der Waals surface area contributed by atoms with Gasteiger partial charge < -0.3 is 9.88 Å². The average molecular weight is 371 g/mol. The maximum Gasteiger partial charge on any atom is 0.258 e. The fourth-order valence-electron chi connectivity index (χ4n) is 3.89. The number of benzene rings is 2. The molecular weight excluding hydrogens is 351 g/mol. The predicted octanol–water partition coefficient (Wildman–Crippen LogP) is 5.13. The number of aryl methyl sites for hydroxylation is 1. The van der Waals surface area contributed by atoms with Gasteiger partial charge in [-0.1, -0.05) is 23.7 Å². The summed E-state index contributed by atoms with van der Waals surface area (Å²) in [5.74, 6) is -0.391. The number of pyridine rings is 1. The van der Waals surface area contributed by atoms with E-state index in [1.54, 1.807) is 19.2 Å². The van der Waals surface area contributed by atoms with E-state index in [1.807, 2.05) is 25.1 Å². The Kier molecular flexibility index (Phi) is 4.03. The Balaban J connectivity index is 1.80. The van der Waals surface area contributed by atoms with Crippen molar-refractivity contribution >= 4 is 28.1 Å². The number of nitrogens with zero attached hydrogens (tertiary/aromatic N) is 1. The van der Waals surface area contributed by atoms with Gasteiger partial charge in [0, 0.05) is 29.3 Å². The minimum atomic E-state index is -0.391. The van der Waals surface area contributed by atoms with Gasteiger partial charge in [0.15, 0.2) is 0 Å². The van der Waals surface area contributed by atoms with Crippen LogP contribution in [0.4, 0.5) is 10.1 Å². The molecule has 1 N–H and O–H groups in total. The van der Waals surface area contributed by atoms with Crippen LogP contribution in [0, 0.1) is 12.7 Å². The number of aromatic nitrogens is 1. The van der Waals surface area contributed by atoms with Gasteiger partial charge in [0.2, 0.25) is 0 Å². The molecule has 1 aliphatic rings. The fraction of sp³-hybridized carbons (Fsp3) is 0.286. The third-order valence-electron chi connectivity index (χ3n) is 5.51. The van der Waals surface area contributed by atoms with E-state index in [0.29, 0.717) is 10.8 Å². The van der Waals surface area contributed by atoms with Crippen LogP contribution < -0.4 is 10.9 Å². The molecule has 0 aliphatic heterocycles. The highest BCUT2D eigenvalue weighted by Crippen LogP contribution is 2.46. The van der Waals surface area contributed by atoms with Crippen molar-refractivity contribution in [1.82, 2.24) is 4.57 Å². The predicted molar refractivity (Wildman–Crippen MR) is 104 cm³/mol. The van der Waals surface area contributed by atoms with Crippen molar-refractivity contribution in [2.45, 2.75) is 31.7 Å². The summed E-state index contributed by atoms with van der Waals surface area (Å²) in [4.78, 5) is 12.4.